The van der Waals surface area contributed by atoms with E-state index in [1.165, 1.54) is 12.1 Å². The molecule has 168 valence electrons. The quantitative estimate of drug-likeness (QED) is 0.648. The molecule has 0 bridgehead atoms. The molecule has 2 aliphatic rings. The highest BCUT2D eigenvalue weighted by molar-refractivity contribution is 5.89. The molecule has 2 fully saturated rings. The molecule has 4 rings (SSSR count). The van der Waals surface area contributed by atoms with Crippen LogP contribution in [0, 0.1) is 18.3 Å². The molecule has 2 amide bonds. The van der Waals surface area contributed by atoms with Crippen molar-refractivity contribution in [3.63, 3.8) is 0 Å². The van der Waals surface area contributed by atoms with Crippen LogP contribution in [0.2, 0.25) is 0 Å². The van der Waals surface area contributed by atoms with Crippen LogP contribution in [0.1, 0.15) is 49.7 Å². The maximum absolute atomic E-state index is 12.6. The van der Waals surface area contributed by atoms with E-state index in [4.69, 9.17) is 5.26 Å². The van der Waals surface area contributed by atoms with Crippen molar-refractivity contribution in [2.75, 3.05) is 23.3 Å². The van der Waals surface area contributed by atoms with Crippen molar-refractivity contribution in [3.8, 4) is 6.07 Å². The zero-order chi connectivity index (χ0) is 22.3. The molecule has 3 N–H and O–H groups in total. The highest BCUT2D eigenvalue weighted by Gasteiger charge is 2.30. The normalized spacial score (nSPS) is 23.2. The Morgan fingerprint density at radius 1 is 1.03 bits per heavy atom. The predicted octanol–water partition coefficient (Wildman–Crippen LogP) is 4.56. The van der Waals surface area contributed by atoms with Gasteiger partial charge in [-0.15, -0.1) is 0 Å². The van der Waals surface area contributed by atoms with E-state index in [2.05, 4.69) is 26.9 Å². The van der Waals surface area contributed by atoms with E-state index in [1.807, 2.05) is 55.5 Å². The fraction of sp³-hybridized carbons (Fsp3) is 0.462. The number of nitriles is 1. The number of benzene rings is 2. The first-order valence-electron chi connectivity index (χ1n) is 11.8. The lowest BCUT2D eigenvalue weighted by molar-refractivity contribution is 0.226. The summed E-state index contributed by atoms with van der Waals surface area (Å²) in [6, 6.07) is 18.6. The Labute approximate surface area is 191 Å². The Bertz CT molecular complexity index is 951. The number of hydrogen-bond donors (Lipinski definition) is 3. The topological polar surface area (TPSA) is 80.2 Å². The van der Waals surface area contributed by atoms with Gasteiger partial charge in [0.1, 0.15) is 0 Å². The first-order valence-corrected chi connectivity index (χ1v) is 11.8. The summed E-state index contributed by atoms with van der Waals surface area (Å²) in [6.07, 6.45) is 6.71. The number of urea groups is 1. The van der Waals surface area contributed by atoms with Crippen LogP contribution < -0.4 is 20.9 Å². The summed E-state index contributed by atoms with van der Waals surface area (Å²) in [6.45, 7) is 4.01. The third-order valence-electron chi connectivity index (χ3n) is 6.59. The summed E-state index contributed by atoms with van der Waals surface area (Å²) < 4.78 is 0. The number of aryl methyl sites for hydroxylation is 1. The van der Waals surface area contributed by atoms with Crippen molar-refractivity contribution in [1.29, 1.82) is 5.26 Å². The molecule has 6 nitrogen and oxygen atoms in total. The van der Waals surface area contributed by atoms with E-state index in [0.29, 0.717) is 11.6 Å². The Balaban J connectivity index is 1.34. The van der Waals surface area contributed by atoms with Crippen molar-refractivity contribution in [2.24, 2.45) is 0 Å². The number of nitrogens with one attached hydrogen (secondary N) is 3. The molecule has 1 saturated carbocycles. The molecule has 1 aliphatic carbocycles. The van der Waals surface area contributed by atoms with Crippen LogP contribution in [0.5, 0.6) is 0 Å². The molecular formula is C26H33N5O. The van der Waals surface area contributed by atoms with Gasteiger partial charge in [-0.05, 0) is 74.6 Å². The zero-order valence-electron chi connectivity index (χ0n) is 18.8. The molecule has 2 aromatic rings. The standard InChI is InChI=1S/C26H33N5O/c1-19-6-4-7-21(16-19)29-26(32)30-25-10-3-2-9-24(25)28-22-8-5-15-31(18-22)23-13-11-20(17-27)12-14-23/h4,6-7,11-14,16,22,24-25,28H,2-3,5,8-10,15,18H2,1H3,(H2,29,30,32). The number of carbonyl (C=O) groups is 1. The van der Waals surface area contributed by atoms with E-state index in [1.54, 1.807) is 0 Å². The molecule has 2 aromatic carbocycles. The first kappa shape index (κ1) is 22.2. The van der Waals surface area contributed by atoms with Crippen LogP contribution in [-0.4, -0.2) is 37.2 Å². The minimum atomic E-state index is -0.128. The Hall–Kier alpha value is -3.04. The molecular weight excluding hydrogens is 398 g/mol. The minimum Gasteiger partial charge on any atom is -0.370 e. The Morgan fingerprint density at radius 3 is 2.56 bits per heavy atom. The lowest BCUT2D eigenvalue weighted by Gasteiger charge is -2.40. The van der Waals surface area contributed by atoms with Gasteiger partial charge in [-0.2, -0.15) is 5.26 Å². The molecule has 1 saturated heterocycles. The molecule has 1 heterocycles. The molecule has 1 aliphatic heterocycles. The van der Waals surface area contributed by atoms with Gasteiger partial charge >= 0.3 is 6.03 Å². The van der Waals surface area contributed by atoms with E-state index < -0.39 is 0 Å². The number of piperidine rings is 1. The maximum Gasteiger partial charge on any atom is 0.319 e. The summed E-state index contributed by atoms with van der Waals surface area (Å²) in [7, 11) is 0. The van der Waals surface area contributed by atoms with E-state index >= 15 is 0 Å². The van der Waals surface area contributed by atoms with Crippen LogP contribution in [0.4, 0.5) is 16.2 Å². The van der Waals surface area contributed by atoms with Crippen molar-refractivity contribution in [2.45, 2.75) is 63.6 Å². The predicted molar refractivity (Wildman–Crippen MR) is 129 cm³/mol. The monoisotopic (exact) mass is 431 g/mol. The second-order valence-electron chi connectivity index (χ2n) is 9.08. The summed E-state index contributed by atoms with van der Waals surface area (Å²) in [5, 5.41) is 19.1. The first-order chi connectivity index (χ1) is 15.6. The van der Waals surface area contributed by atoms with Gasteiger partial charge in [0.25, 0.3) is 0 Å². The number of hydrogen-bond acceptors (Lipinski definition) is 4. The molecule has 3 unspecified atom stereocenters. The zero-order valence-corrected chi connectivity index (χ0v) is 18.8. The lowest BCUT2D eigenvalue weighted by atomic mass is 9.89. The number of anilines is 2. The highest BCUT2D eigenvalue weighted by Crippen LogP contribution is 2.24. The van der Waals surface area contributed by atoms with E-state index in [9.17, 15) is 4.79 Å². The van der Waals surface area contributed by atoms with Gasteiger partial charge in [0.05, 0.1) is 11.6 Å². The summed E-state index contributed by atoms with van der Waals surface area (Å²) >= 11 is 0. The molecule has 0 aromatic heterocycles. The van der Waals surface area contributed by atoms with Crippen molar-refractivity contribution in [1.82, 2.24) is 10.6 Å². The highest BCUT2D eigenvalue weighted by atomic mass is 16.2. The average molecular weight is 432 g/mol. The number of carbonyl (C=O) groups excluding carboxylic acids is 1. The Morgan fingerprint density at radius 2 is 1.81 bits per heavy atom. The molecule has 32 heavy (non-hydrogen) atoms. The summed E-state index contributed by atoms with van der Waals surface area (Å²) in [5.41, 5.74) is 3.82. The van der Waals surface area contributed by atoms with Gasteiger partial charge in [-0.1, -0.05) is 25.0 Å². The van der Waals surface area contributed by atoms with Crippen LogP contribution >= 0.6 is 0 Å². The molecule has 3 atom stereocenters. The van der Waals surface area contributed by atoms with Crippen LogP contribution in [-0.2, 0) is 0 Å². The van der Waals surface area contributed by atoms with Gasteiger partial charge in [0.2, 0.25) is 0 Å². The van der Waals surface area contributed by atoms with Crippen molar-refractivity contribution >= 4 is 17.4 Å². The second kappa shape index (κ2) is 10.5. The van der Waals surface area contributed by atoms with Gasteiger partial charge in [0, 0.05) is 42.6 Å². The van der Waals surface area contributed by atoms with Gasteiger partial charge in [-0.3, -0.25) is 0 Å². The van der Waals surface area contributed by atoms with E-state index in [0.717, 1.165) is 56.4 Å². The van der Waals surface area contributed by atoms with Gasteiger partial charge in [0.15, 0.2) is 0 Å². The molecule has 0 radical (unpaired) electrons. The van der Waals surface area contributed by atoms with Gasteiger partial charge < -0.3 is 20.9 Å². The number of amides is 2. The lowest BCUT2D eigenvalue weighted by Crippen LogP contribution is -2.57. The Kier molecular flexibility index (Phi) is 7.28. The third-order valence-corrected chi connectivity index (χ3v) is 6.59. The number of rotatable bonds is 5. The molecule has 0 spiro atoms. The van der Waals surface area contributed by atoms with Crippen LogP contribution in [0.15, 0.2) is 48.5 Å². The van der Waals surface area contributed by atoms with Crippen LogP contribution in [0.3, 0.4) is 0 Å². The fourth-order valence-corrected chi connectivity index (χ4v) is 4.96. The van der Waals surface area contributed by atoms with Gasteiger partial charge in [-0.25, -0.2) is 4.79 Å². The van der Waals surface area contributed by atoms with Crippen molar-refractivity contribution < 1.29 is 4.79 Å². The summed E-state index contributed by atoms with van der Waals surface area (Å²) in [5.74, 6) is 0. The average Bonchev–Trinajstić information content (AvgIpc) is 2.80. The SMILES string of the molecule is Cc1cccc(NC(=O)NC2CCCCC2NC2CCCN(c3ccc(C#N)cc3)C2)c1. The van der Waals surface area contributed by atoms with E-state index in [-0.39, 0.29) is 18.1 Å². The van der Waals surface area contributed by atoms with Crippen LogP contribution in [0.25, 0.3) is 0 Å². The third kappa shape index (κ3) is 5.80. The fourth-order valence-electron chi connectivity index (χ4n) is 4.96. The number of nitrogens with zero attached hydrogens (tertiary/aromatic N) is 2. The maximum atomic E-state index is 12.6. The minimum absolute atomic E-state index is 0.128. The second-order valence-corrected chi connectivity index (χ2v) is 9.08. The largest absolute Gasteiger partial charge is 0.370 e. The molecule has 6 heteroatoms. The summed E-state index contributed by atoms with van der Waals surface area (Å²) in [4.78, 5) is 15.0. The smallest absolute Gasteiger partial charge is 0.319 e. The van der Waals surface area contributed by atoms with Crippen molar-refractivity contribution in [3.05, 3.63) is 59.7 Å².